The summed E-state index contributed by atoms with van der Waals surface area (Å²) in [4.78, 5) is 27.4. The first-order chi connectivity index (χ1) is 16.0. The van der Waals surface area contributed by atoms with Gasteiger partial charge in [0.25, 0.3) is 11.7 Å². The number of aliphatic hydroxyl groups excluding tert-OH is 1. The third-order valence-electron chi connectivity index (χ3n) is 5.43. The molecule has 2 aliphatic heterocycles. The Bertz CT molecular complexity index is 1110. The van der Waals surface area contributed by atoms with E-state index in [2.05, 4.69) is 6.58 Å². The first kappa shape index (κ1) is 22.4. The van der Waals surface area contributed by atoms with Gasteiger partial charge in [-0.3, -0.25) is 9.59 Å². The molecule has 0 bridgehead atoms. The zero-order valence-electron chi connectivity index (χ0n) is 18.3. The third kappa shape index (κ3) is 4.42. The van der Waals surface area contributed by atoms with E-state index >= 15 is 0 Å². The fraction of sp³-hybridized carbons (Fsp3) is 0.280. The van der Waals surface area contributed by atoms with Crippen LogP contribution in [0.5, 0.6) is 17.2 Å². The van der Waals surface area contributed by atoms with Crippen molar-refractivity contribution in [3.63, 3.8) is 0 Å². The van der Waals surface area contributed by atoms with Crippen molar-refractivity contribution in [2.45, 2.75) is 6.04 Å². The van der Waals surface area contributed by atoms with Crippen LogP contribution in [-0.4, -0.2) is 61.8 Å². The molecule has 0 saturated carbocycles. The summed E-state index contributed by atoms with van der Waals surface area (Å²) in [6.07, 6.45) is 1.62. The first-order valence-electron chi connectivity index (χ1n) is 10.6. The van der Waals surface area contributed by atoms with Crippen LogP contribution in [0.3, 0.4) is 0 Å². The maximum atomic E-state index is 13.1. The molecule has 1 atom stereocenters. The number of rotatable bonds is 8. The van der Waals surface area contributed by atoms with Crippen LogP contribution >= 0.6 is 0 Å². The number of carbonyl (C=O) groups excluding carboxylic acids is 2. The lowest BCUT2D eigenvalue weighted by molar-refractivity contribution is -0.140. The smallest absolute Gasteiger partial charge is 0.295 e. The van der Waals surface area contributed by atoms with Crippen LogP contribution in [0, 0.1) is 0 Å². The highest BCUT2D eigenvalue weighted by molar-refractivity contribution is 6.46. The fourth-order valence-corrected chi connectivity index (χ4v) is 3.92. The van der Waals surface area contributed by atoms with Gasteiger partial charge < -0.3 is 29.0 Å². The van der Waals surface area contributed by atoms with Crippen molar-refractivity contribution >= 4 is 17.4 Å². The summed E-state index contributed by atoms with van der Waals surface area (Å²) in [5.41, 5.74) is 0.979. The van der Waals surface area contributed by atoms with E-state index in [0.717, 1.165) is 0 Å². The topological polar surface area (TPSA) is 94.5 Å². The molecule has 1 fully saturated rings. The highest BCUT2D eigenvalue weighted by Gasteiger charge is 2.46. The van der Waals surface area contributed by atoms with Gasteiger partial charge in [0.2, 0.25) is 0 Å². The lowest BCUT2D eigenvalue weighted by atomic mass is 9.95. The number of hydrogen-bond acceptors (Lipinski definition) is 7. The highest BCUT2D eigenvalue weighted by Crippen LogP contribution is 2.41. The minimum absolute atomic E-state index is 0.00588. The highest BCUT2D eigenvalue weighted by atomic mass is 16.6. The monoisotopic (exact) mass is 451 g/mol. The molecule has 8 heteroatoms. The molecule has 1 amide bonds. The Hall–Kier alpha value is -3.78. The minimum atomic E-state index is -0.805. The average Bonchev–Trinajstić information content (AvgIpc) is 3.10. The van der Waals surface area contributed by atoms with Crippen molar-refractivity contribution < 1.29 is 33.6 Å². The summed E-state index contributed by atoms with van der Waals surface area (Å²) < 4.78 is 21.9. The van der Waals surface area contributed by atoms with Gasteiger partial charge >= 0.3 is 0 Å². The number of benzene rings is 2. The molecule has 2 aromatic rings. The van der Waals surface area contributed by atoms with Gasteiger partial charge in [0.05, 0.1) is 18.2 Å². The Balaban J connectivity index is 1.81. The van der Waals surface area contributed by atoms with Gasteiger partial charge in [-0.2, -0.15) is 0 Å². The Labute approximate surface area is 191 Å². The van der Waals surface area contributed by atoms with Gasteiger partial charge in [0.1, 0.15) is 31.3 Å². The standard InChI is InChI=1S/C25H25NO7/c1-3-10-31-18-6-4-5-16(14-18)22-21(24(28)25(29)26(22)9-11-30-2)23(27)17-7-8-19-20(15-17)33-13-12-32-19/h3-8,14-15,22,27H,1,9-13H2,2H3. The Morgan fingerprint density at radius 2 is 1.97 bits per heavy atom. The van der Waals surface area contributed by atoms with Crippen LogP contribution in [0.15, 0.2) is 60.7 Å². The average molecular weight is 451 g/mol. The molecular weight excluding hydrogens is 426 g/mol. The van der Waals surface area contributed by atoms with Gasteiger partial charge in [0, 0.05) is 19.2 Å². The lowest BCUT2D eigenvalue weighted by Crippen LogP contribution is -2.32. The van der Waals surface area contributed by atoms with E-state index in [1.807, 2.05) is 0 Å². The molecule has 1 saturated heterocycles. The number of fused-ring (bicyclic) bond motifs is 1. The van der Waals surface area contributed by atoms with Crippen molar-refractivity contribution in [3.05, 3.63) is 71.8 Å². The van der Waals surface area contributed by atoms with Crippen LogP contribution in [0.2, 0.25) is 0 Å². The van der Waals surface area contributed by atoms with E-state index in [1.54, 1.807) is 48.5 Å². The van der Waals surface area contributed by atoms with E-state index in [0.29, 0.717) is 48.2 Å². The number of hydrogen-bond donors (Lipinski definition) is 1. The summed E-state index contributed by atoms with van der Waals surface area (Å²) in [6, 6.07) is 11.2. The number of Topliss-reactive ketones (excluding diaryl/α,β-unsaturated/α-hetero) is 1. The molecule has 0 spiro atoms. The molecule has 0 aromatic heterocycles. The number of likely N-dealkylation sites (tertiary alicyclic amines) is 1. The summed E-state index contributed by atoms with van der Waals surface area (Å²) in [6.45, 7) is 5.20. The van der Waals surface area contributed by atoms with Crippen LogP contribution in [-0.2, 0) is 14.3 Å². The zero-order valence-corrected chi connectivity index (χ0v) is 18.3. The second-order valence-corrected chi connectivity index (χ2v) is 7.52. The lowest BCUT2D eigenvalue weighted by Gasteiger charge is -2.25. The molecular formula is C25H25NO7. The Morgan fingerprint density at radius 1 is 1.18 bits per heavy atom. The number of aliphatic hydroxyl groups is 1. The van der Waals surface area contributed by atoms with Gasteiger partial charge in [-0.05, 0) is 35.9 Å². The second kappa shape index (κ2) is 9.79. The third-order valence-corrected chi connectivity index (χ3v) is 5.43. The van der Waals surface area contributed by atoms with Crippen LogP contribution in [0.25, 0.3) is 5.76 Å². The summed E-state index contributed by atoms with van der Waals surface area (Å²) in [5, 5.41) is 11.2. The van der Waals surface area contributed by atoms with Gasteiger partial charge in [0.15, 0.2) is 11.5 Å². The molecule has 172 valence electrons. The van der Waals surface area contributed by atoms with Gasteiger partial charge in [-0.25, -0.2) is 0 Å². The van der Waals surface area contributed by atoms with Crippen LogP contribution in [0.4, 0.5) is 0 Å². The normalized spacial score (nSPS) is 18.9. The Morgan fingerprint density at radius 3 is 2.73 bits per heavy atom. The number of amides is 1. The number of nitrogens with zero attached hydrogens (tertiary/aromatic N) is 1. The van der Waals surface area contributed by atoms with E-state index in [9.17, 15) is 14.7 Å². The number of methoxy groups -OCH3 is 1. The maximum Gasteiger partial charge on any atom is 0.295 e. The van der Waals surface area contributed by atoms with E-state index in [1.165, 1.54) is 12.0 Å². The van der Waals surface area contributed by atoms with Crippen molar-refractivity contribution in [3.8, 4) is 17.2 Å². The second-order valence-electron chi connectivity index (χ2n) is 7.52. The van der Waals surface area contributed by atoms with Crippen LogP contribution in [0.1, 0.15) is 17.2 Å². The molecule has 8 nitrogen and oxygen atoms in total. The van der Waals surface area contributed by atoms with E-state index in [4.69, 9.17) is 18.9 Å². The van der Waals surface area contributed by atoms with E-state index < -0.39 is 17.7 Å². The number of ether oxygens (including phenoxy) is 4. The summed E-state index contributed by atoms with van der Waals surface area (Å²) in [5.74, 6) is -0.163. The number of carbonyl (C=O) groups is 2. The molecule has 2 heterocycles. The molecule has 1 N–H and O–H groups in total. The number of ketones is 1. The summed E-state index contributed by atoms with van der Waals surface area (Å²) >= 11 is 0. The molecule has 2 aromatic carbocycles. The minimum Gasteiger partial charge on any atom is -0.507 e. The quantitative estimate of drug-likeness (QED) is 0.285. The molecule has 0 aliphatic carbocycles. The molecule has 4 rings (SSSR count). The Kier molecular flexibility index (Phi) is 6.65. The molecule has 2 aliphatic rings. The van der Waals surface area contributed by atoms with Crippen LogP contribution < -0.4 is 14.2 Å². The van der Waals surface area contributed by atoms with Gasteiger partial charge in [-0.1, -0.05) is 24.8 Å². The zero-order chi connectivity index (χ0) is 23.4. The molecule has 33 heavy (non-hydrogen) atoms. The molecule has 1 unspecified atom stereocenters. The van der Waals surface area contributed by atoms with Crippen molar-refractivity contribution in [2.75, 3.05) is 40.1 Å². The summed E-state index contributed by atoms with van der Waals surface area (Å²) in [7, 11) is 1.52. The van der Waals surface area contributed by atoms with E-state index in [-0.39, 0.29) is 24.5 Å². The predicted octanol–water partition coefficient (Wildman–Crippen LogP) is 3.09. The van der Waals surface area contributed by atoms with Crippen molar-refractivity contribution in [1.29, 1.82) is 0 Å². The van der Waals surface area contributed by atoms with Gasteiger partial charge in [-0.15, -0.1) is 0 Å². The first-order valence-corrected chi connectivity index (χ1v) is 10.6. The van der Waals surface area contributed by atoms with Crippen molar-refractivity contribution in [1.82, 2.24) is 4.90 Å². The SMILES string of the molecule is C=CCOc1cccc(C2C(=C(O)c3ccc4c(c3)OCCO4)C(=O)C(=O)N2CCOC)c1. The van der Waals surface area contributed by atoms with Crippen molar-refractivity contribution in [2.24, 2.45) is 0 Å². The molecule has 0 radical (unpaired) electrons. The predicted molar refractivity (Wildman–Crippen MR) is 120 cm³/mol. The maximum absolute atomic E-state index is 13.1. The fourth-order valence-electron chi connectivity index (χ4n) is 3.92. The largest absolute Gasteiger partial charge is 0.507 e.